The number of hydrogen-bond donors (Lipinski definition) is 2. The lowest BCUT2D eigenvalue weighted by Crippen LogP contribution is -2.38. The molecule has 1 saturated carbocycles. The topological polar surface area (TPSA) is 78.3 Å². The van der Waals surface area contributed by atoms with Crippen LogP contribution in [0.2, 0.25) is 0 Å². The van der Waals surface area contributed by atoms with E-state index in [-0.39, 0.29) is 5.91 Å². The molecule has 1 saturated heterocycles. The Balaban J connectivity index is 1.11. The van der Waals surface area contributed by atoms with Crippen molar-refractivity contribution < 1.29 is 9.21 Å². The van der Waals surface area contributed by atoms with Crippen molar-refractivity contribution in [3.63, 3.8) is 0 Å². The third-order valence-corrected chi connectivity index (χ3v) is 7.18. The first-order chi connectivity index (χ1) is 15.7. The second-order valence-corrected chi connectivity index (χ2v) is 9.29. The smallest absolute Gasteiger partial charge is 0.408 e. The van der Waals surface area contributed by atoms with Crippen molar-refractivity contribution in [2.24, 2.45) is 5.92 Å². The second-order valence-electron chi connectivity index (χ2n) is 9.29. The number of nitrogens with one attached hydrogen (secondary N) is 2. The average molecular weight is 434 g/mol. The van der Waals surface area contributed by atoms with Crippen molar-refractivity contribution in [3.8, 4) is 0 Å². The maximum absolute atomic E-state index is 12.5. The van der Waals surface area contributed by atoms with E-state index in [9.17, 15) is 9.59 Å². The van der Waals surface area contributed by atoms with E-state index in [2.05, 4.69) is 39.5 Å². The summed E-state index contributed by atoms with van der Waals surface area (Å²) in [6.07, 6.45) is 8.94. The number of aromatic nitrogens is 1. The fourth-order valence-corrected chi connectivity index (χ4v) is 5.21. The highest BCUT2D eigenvalue weighted by Crippen LogP contribution is 2.33. The molecule has 168 valence electrons. The van der Waals surface area contributed by atoms with Crippen molar-refractivity contribution in [2.75, 3.05) is 24.5 Å². The van der Waals surface area contributed by atoms with Gasteiger partial charge in [0.2, 0.25) is 0 Å². The van der Waals surface area contributed by atoms with E-state index >= 15 is 0 Å². The first-order valence-electron chi connectivity index (χ1n) is 11.9. The lowest BCUT2D eigenvalue weighted by atomic mass is 9.84. The molecule has 0 unspecified atom stereocenters. The van der Waals surface area contributed by atoms with E-state index in [0.717, 1.165) is 31.8 Å². The molecule has 6 nitrogen and oxygen atoms in total. The number of H-pyrrole nitrogens is 1. The highest BCUT2D eigenvalue weighted by atomic mass is 16.4. The van der Waals surface area contributed by atoms with E-state index in [1.54, 1.807) is 18.2 Å². The standard InChI is InChI=1S/C26H31N3O3/c30-25(21-8-11-23-24(16-21)32-26(31)28-23)27-17-18-12-14-29(15-13-18)22-9-6-20(7-10-22)19-4-2-1-3-5-19/h6-11,16,18-19H,1-5,12-15,17H2,(H,27,30)(H,28,31). The minimum Gasteiger partial charge on any atom is -0.408 e. The van der Waals surface area contributed by atoms with Crippen LogP contribution in [0.4, 0.5) is 5.69 Å². The molecule has 1 aliphatic heterocycles. The molecule has 0 atom stereocenters. The summed E-state index contributed by atoms with van der Waals surface area (Å²) in [5, 5.41) is 3.05. The van der Waals surface area contributed by atoms with Crippen LogP contribution in [0, 0.1) is 5.92 Å². The van der Waals surface area contributed by atoms with Crippen molar-refractivity contribution in [3.05, 3.63) is 64.1 Å². The van der Waals surface area contributed by atoms with Gasteiger partial charge in [-0.2, -0.15) is 0 Å². The number of benzene rings is 2. The van der Waals surface area contributed by atoms with Gasteiger partial charge in [0.25, 0.3) is 5.91 Å². The summed E-state index contributed by atoms with van der Waals surface area (Å²) in [4.78, 5) is 28.9. The van der Waals surface area contributed by atoms with Crippen molar-refractivity contribution in [1.82, 2.24) is 10.3 Å². The summed E-state index contributed by atoms with van der Waals surface area (Å²) in [6, 6.07) is 14.3. The number of carbonyl (C=O) groups is 1. The molecular weight excluding hydrogens is 402 g/mol. The van der Waals surface area contributed by atoms with Crippen LogP contribution in [0.3, 0.4) is 0 Å². The van der Waals surface area contributed by atoms with E-state index < -0.39 is 5.76 Å². The molecule has 0 radical (unpaired) electrons. The molecule has 2 aliphatic rings. The summed E-state index contributed by atoms with van der Waals surface area (Å²) < 4.78 is 5.05. The Hall–Kier alpha value is -3.02. The van der Waals surface area contributed by atoms with Gasteiger partial charge < -0.3 is 14.6 Å². The van der Waals surface area contributed by atoms with Crippen LogP contribution in [0.5, 0.6) is 0 Å². The SMILES string of the molecule is O=C(NCC1CCN(c2ccc(C3CCCCC3)cc2)CC1)c1ccc2[nH]c(=O)oc2c1. The zero-order chi connectivity index (χ0) is 21.9. The number of piperidine rings is 1. The lowest BCUT2D eigenvalue weighted by Gasteiger charge is -2.34. The van der Waals surface area contributed by atoms with Gasteiger partial charge in [-0.05, 0) is 73.4 Å². The van der Waals surface area contributed by atoms with Crippen LogP contribution in [0.25, 0.3) is 11.1 Å². The molecule has 0 spiro atoms. The Kier molecular flexibility index (Phi) is 6.02. The molecule has 0 bridgehead atoms. The molecule has 3 aromatic rings. The molecular formula is C26H31N3O3. The molecule has 32 heavy (non-hydrogen) atoms. The quantitative estimate of drug-likeness (QED) is 0.605. The predicted octanol–water partition coefficient (Wildman–Crippen LogP) is 4.82. The maximum atomic E-state index is 12.5. The molecule has 2 fully saturated rings. The van der Waals surface area contributed by atoms with Gasteiger partial charge in [0.05, 0.1) is 5.52 Å². The summed E-state index contributed by atoms with van der Waals surface area (Å²) in [7, 11) is 0. The average Bonchev–Trinajstić information content (AvgIpc) is 3.23. The number of oxazole rings is 1. The highest BCUT2D eigenvalue weighted by molar-refractivity contribution is 5.96. The van der Waals surface area contributed by atoms with Crippen molar-refractivity contribution in [1.29, 1.82) is 0 Å². The van der Waals surface area contributed by atoms with Gasteiger partial charge >= 0.3 is 5.76 Å². The van der Waals surface area contributed by atoms with Crippen molar-refractivity contribution >= 4 is 22.7 Å². The van der Waals surface area contributed by atoms with Gasteiger partial charge in [0.15, 0.2) is 5.58 Å². The molecule has 1 aromatic heterocycles. The predicted molar refractivity (Wildman–Crippen MR) is 126 cm³/mol. The zero-order valence-corrected chi connectivity index (χ0v) is 18.4. The van der Waals surface area contributed by atoms with E-state index in [1.807, 2.05) is 0 Å². The molecule has 5 rings (SSSR count). The largest absolute Gasteiger partial charge is 0.417 e. The number of carbonyl (C=O) groups excluding carboxylic acids is 1. The van der Waals surface area contributed by atoms with Gasteiger partial charge in [-0.25, -0.2) is 4.79 Å². The first-order valence-corrected chi connectivity index (χ1v) is 11.9. The van der Waals surface area contributed by atoms with Crippen LogP contribution < -0.4 is 16.0 Å². The number of rotatable bonds is 5. The zero-order valence-electron chi connectivity index (χ0n) is 18.4. The van der Waals surface area contributed by atoms with E-state index in [1.165, 1.54) is 43.4 Å². The summed E-state index contributed by atoms with van der Waals surface area (Å²) in [5.74, 6) is 0.594. The molecule has 6 heteroatoms. The number of anilines is 1. The molecule has 2 N–H and O–H groups in total. The third-order valence-electron chi connectivity index (χ3n) is 7.18. The van der Waals surface area contributed by atoms with Crippen LogP contribution >= 0.6 is 0 Å². The van der Waals surface area contributed by atoms with Crippen LogP contribution in [0.15, 0.2) is 51.7 Å². The van der Waals surface area contributed by atoms with Crippen LogP contribution in [-0.4, -0.2) is 30.5 Å². The van der Waals surface area contributed by atoms with Gasteiger partial charge in [-0.1, -0.05) is 31.4 Å². The molecule has 1 amide bonds. The Labute approximate surface area is 188 Å². The van der Waals surface area contributed by atoms with Crippen LogP contribution in [-0.2, 0) is 0 Å². The Morgan fingerprint density at radius 3 is 2.50 bits per heavy atom. The minimum absolute atomic E-state index is 0.128. The number of amides is 1. The van der Waals surface area contributed by atoms with Gasteiger partial charge in [-0.3, -0.25) is 9.78 Å². The summed E-state index contributed by atoms with van der Waals surface area (Å²) in [5.41, 5.74) is 4.34. The number of nitrogens with zero attached hydrogens (tertiary/aromatic N) is 1. The fraction of sp³-hybridized carbons (Fsp3) is 0.462. The van der Waals surface area contributed by atoms with Gasteiger partial charge in [0, 0.05) is 30.9 Å². The lowest BCUT2D eigenvalue weighted by molar-refractivity contribution is 0.0945. The van der Waals surface area contributed by atoms with Gasteiger partial charge in [0.1, 0.15) is 0 Å². The monoisotopic (exact) mass is 433 g/mol. The van der Waals surface area contributed by atoms with Crippen LogP contribution in [0.1, 0.15) is 66.8 Å². The second kappa shape index (κ2) is 9.23. The fourth-order valence-electron chi connectivity index (χ4n) is 5.21. The van der Waals surface area contributed by atoms with Gasteiger partial charge in [-0.15, -0.1) is 0 Å². The maximum Gasteiger partial charge on any atom is 0.417 e. The summed E-state index contributed by atoms with van der Waals surface area (Å²) >= 11 is 0. The highest BCUT2D eigenvalue weighted by Gasteiger charge is 2.21. The Bertz CT molecular complexity index is 1120. The number of aromatic amines is 1. The van der Waals surface area contributed by atoms with E-state index in [0.29, 0.717) is 29.1 Å². The minimum atomic E-state index is -0.507. The normalized spacial score (nSPS) is 18.2. The number of fused-ring (bicyclic) bond motifs is 1. The summed E-state index contributed by atoms with van der Waals surface area (Å²) in [6.45, 7) is 2.70. The first kappa shape index (κ1) is 20.9. The Morgan fingerprint density at radius 1 is 1.00 bits per heavy atom. The van der Waals surface area contributed by atoms with E-state index in [4.69, 9.17) is 4.42 Å². The number of hydrogen-bond acceptors (Lipinski definition) is 4. The van der Waals surface area contributed by atoms with Crippen molar-refractivity contribution in [2.45, 2.75) is 50.9 Å². The Morgan fingerprint density at radius 2 is 1.75 bits per heavy atom. The molecule has 2 aromatic carbocycles. The molecule has 1 aliphatic carbocycles. The third kappa shape index (κ3) is 4.59. The molecule has 2 heterocycles.